The quantitative estimate of drug-likeness (QED) is 0.751. The number of ether oxygens (including phenoxy) is 1. The van der Waals surface area contributed by atoms with Crippen molar-refractivity contribution in [3.63, 3.8) is 0 Å². The number of nitriles is 1. The smallest absolute Gasteiger partial charge is 0.189 e. The van der Waals surface area contributed by atoms with Crippen molar-refractivity contribution in [3.05, 3.63) is 23.0 Å². The Morgan fingerprint density at radius 2 is 1.83 bits per heavy atom. The highest BCUT2D eigenvalue weighted by atomic mass is 32.1. The number of nitrogens with zero attached hydrogens (tertiary/aromatic N) is 7. The van der Waals surface area contributed by atoms with Crippen LogP contribution in [0.4, 0.5) is 16.8 Å². The summed E-state index contributed by atoms with van der Waals surface area (Å²) in [5, 5.41) is 12.8. The van der Waals surface area contributed by atoms with Crippen LogP contribution in [-0.2, 0) is 4.74 Å². The normalized spacial score (nSPS) is 18.6. The van der Waals surface area contributed by atoms with Gasteiger partial charge < -0.3 is 15.0 Å². The van der Waals surface area contributed by atoms with Gasteiger partial charge in [0.05, 0.1) is 19.4 Å². The van der Waals surface area contributed by atoms with Crippen LogP contribution < -0.4 is 10.2 Å². The Morgan fingerprint density at radius 3 is 2.52 bits per heavy atom. The summed E-state index contributed by atoms with van der Waals surface area (Å²) >= 11 is 1.32. The van der Waals surface area contributed by atoms with Crippen LogP contribution in [0.25, 0.3) is 0 Å². The Bertz CT molecular complexity index is 852. The summed E-state index contributed by atoms with van der Waals surface area (Å²) < 4.78 is 5.42. The Labute approximate surface area is 174 Å². The zero-order valence-corrected chi connectivity index (χ0v) is 17.5. The summed E-state index contributed by atoms with van der Waals surface area (Å²) in [5.41, 5.74) is 0. The van der Waals surface area contributed by atoms with Crippen LogP contribution in [0.3, 0.4) is 0 Å². The van der Waals surface area contributed by atoms with Crippen molar-refractivity contribution < 1.29 is 4.74 Å². The molecular weight excluding hydrogens is 388 g/mol. The summed E-state index contributed by atoms with van der Waals surface area (Å²) in [7, 11) is 0. The average Bonchev–Trinajstić information content (AvgIpc) is 3.20. The lowest BCUT2D eigenvalue weighted by Crippen LogP contribution is -2.49. The van der Waals surface area contributed by atoms with Crippen LogP contribution in [0.5, 0.6) is 0 Å². The lowest BCUT2D eigenvalue weighted by molar-refractivity contribution is 0.0331. The molecule has 2 aliphatic heterocycles. The average molecular weight is 415 g/mol. The highest BCUT2D eigenvalue weighted by Crippen LogP contribution is 2.24. The molecule has 1 N–H and O–H groups in total. The molecule has 0 spiro atoms. The van der Waals surface area contributed by atoms with Gasteiger partial charge in [0.2, 0.25) is 0 Å². The third-order valence-electron chi connectivity index (χ3n) is 5.21. The number of hydrogen-bond acceptors (Lipinski definition) is 10. The first-order valence-electron chi connectivity index (χ1n) is 9.95. The van der Waals surface area contributed by atoms with Crippen LogP contribution in [0.15, 0.2) is 12.3 Å². The van der Waals surface area contributed by atoms with Crippen molar-refractivity contribution in [1.29, 1.82) is 5.26 Å². The molecule has 0 amide bonds. The van der Waals surface area contributed by atoms with Crippen molar-refractivity contribution in [2.24, 2.45) is 0 Å². The molecule has 2 saturated heterocycles. The fourth-order valence-corrected chi connectivity index (χ4v) is 4.20. The molecule has 4 heterocycles. The second kappa shape index (κ2) is 9.45. The van der Waals surface area contributed by atoms with Gasteiger partial charge in [0.25, 0.3) is 0 Å². The Balaban J connectivity index is 1.32. The Hall–Kier alpha value is -2.32. The zero-order valence-electron chi connectivity index (χ0n) is 16.7. The molecule has 2 aromatic rings. The molecule has 4 rings (SSSR count). The molecule has 0 aromatic carbocycles. The van der Waals surface area contributed by atoms with Gasteiger partial charge in [0.1, 0.15) is 28.4 Å². The van der Waals surface area contributed by atoms with Crippen LogP contribution in [0.2, 0.25) is 0 Å². The van der Waals surface area contributed by atoms with E-state index >= 15 is 0 Å². The molecule has 0 atom stereocenters. The lowest BCUT2D eigenvalue weighted by atomic mass is 10.3. The Kier molecular flexibility index (Phi) is 6.51. The monoisotopic (exact) mass is 414 g/mol. The van der Waals surface area contributed by atoms with Crippen LogP contribution >= 0.6 is 11.3 Å². The fraction of sp³-hybridized carbons (Fsp3) is 0.579. The fourth-order valence-electron chi connectivity index (χ4n) is 3.58. The van der Waals surface area contributed by atoms with Gasteiger partial charge in [-0.25, -0.2) is 15.0 Å². The molecule has 0 unspecified atom stereocenters. The lowest BCUT2D eigenvalue weighted by Gasteiger charge is -2.37. The molecular formula is C19H26N8OS. The van der Waals surface area contributed by atoms with Crippen molar-refractivity contribution >= 4 is 28.1 Å². The summed E-state index contributed by atoms with van der Waals surface area (Å²) in [6.45, 7) is 11.9. The number of aromatic nitrogens is 3. The standard InChI is InChI=1S/C19H26N8OS/c1-15-22-17(24-19-21-14-16(13-20)29-19)12-18(23-15)27-6-4-25(5-7-27)2-3-26-8-10-28-11-9-26/h12,14H,2-11H2,1H3,(H,21,22,23,24). The van der Waals surface area contributed by atoms with E-state index in [4.69, 9.17) is 10.00 Å². The molecule has 2 aliphatic rings. The van der Waals surface area contributed by atoms with Crippen LogP contribution in [0, 0.1) is 18.3 Å². The summed E-state index contributed by atoms with van der Waals surface area (Å²) in [6.07, 6.45) is 1.57. The van der Waals surface area contributed by atoms with E-state index in [0.717, 1.165) is 77.2 Å². The van der Waals surface area contributed by atoms with E-state index in [1.54, 1.807) is 6.20 Å². The van der Waals surface area contributed by atoms with Gasteiger partial charge in [0.15, 0.2) is 5.13 Å². The van der Waals surface area contributed by atoms with Crippen molar-refractivity contribution in [1.82, 2.24) is 24.8 Å². The van der Waals surface area contributed by atoms with Crippen LogP contribution in [-0.4, -0.2) is 90.3 Å². The minimum absolute atomic E-state index is 0.576. The van der Waals surface area contributed by atoms with Gasteiger partial charge in [-0.1, -0.05) is 11.3 Å². The van der Waals surface area contributed by atoms with Gasteiger partial charge in [-0.3, -0.25) is 9.80 Å². The SMILES string of the molecule is Cc1nc(Nc2ncc(C#N)s2)cc(N2CCN(CCN3CCOCC3)CC2)n1. The summed E-state index contributed by atoms with van der Waals surface area (Å²) in [4.78, 5) is 21.2. The predicted molar refractivity (Wildman–Crippen MR) is 113 cm³/mol. The Morgan fingerprint density at radius 1 is 1.10 bits per heavy atom. The number of thiazole rings is 1. The molecule has 2 aromatic heterocycles. The van der Waals surface area contributed by atoms with Gasteiger partial charge in [0, 0.05) is 58.4 Å². The molecule has 9 nitrogen and oxygen atoms in total. The van der Waals surface area contributed by atoms with E-state index in [0.29, 0.717) is 15.8 Å². The van der Waals surface area contributed by atoms with E-state index in [1.807, 2.05) is 13.0 Å². The van der Waals surface area contributed by atoms with Crippen molar-refractivity contribution in [3.8, 4) is 6.07 Å². The second-order valence-corrected chi connectivity index (χ2v) is 8.24. The van der Waals surface area contributed by atoms with Gasteiger partial charge in [-0.2, -0.15) is 5.26 Å². The number of aryl methyl sites for hydroxylation is 1. The number of rotatable bonds is 6. The highest BCUT2D eigenvalue weighted by Gasteiger charge is 2.20. The van der Waals surface area contributed by atoms with Crippen molar-refractivity contribution in [2.45, 2.75) is 6.92 Å². The van der Waals surface area contributed by atoms with E-state index < -0.39 is 0 Å². The third kappa shape index (κ3) is 5.39. The van der Waals surface area contributed by atoms with E-state index in [9.17, 15) is 0 Å². The second-order valence-electron chi connectivity index (χ2n) is 7.21. The third-order valence-corrected chi connectivity index (χ3v) is 6.03. The van der Waals surface area contributed by atoms with Crippen molar-refractivity contribution in [2.75, 3.05) is 75.8 Å². The molecule has 29 heavy (non-hydrogen) atoms. The summed E-state index contributed by atoms with van der Waals surface area (Å²) in [5.74, 6) is 2.36. The molecule has 0 aliphatic carbocycles. The predicted octanol–water partition coefficient (Wildman–Crippen LogP) is 1.31. The maximum atomic E-state index is 8.96. The maximum Gasteiger partial charge on any atom is 0.189 e. The summed E-state index contributed by atoms with van der Waals surface area (Å²) in [6, 6.07) is 4.07. The highest BCUT2D eigenvalue weighted by molar-refractivity contribution is 7.16. The molecule has 154 valence electrons. The van der Waals surface area contributed by atoms with E-state index in [1.165, 1.54) is 11.3 Å². The maximum absolute atomic E-state index is 8.96. The van der Waals surface area contributed by atoms with Crippen LogP contribution in [0.1, 0.15) is 10.7 Å². The minimum atomic E-state index is 0.576. The van der Waals surface area contributed by atoms with E-state index in [-0.39, 0.29) is 0 Å². The first-order chi connectivity index (χ1) is 14.2. The molecule has 0 radical (unpaired) electrons. The topological polar surface area (TPSA) is 93.4 Å². The number of piperazine rings is 1. The first-order valence-corrected chi connectivity index (χ1v) is 10.8. The first kappa shape index (κ1) is 20.0. The zero-order chi connectivity index (χ0) is 20.1. The number of anilines is 3. The number of morpholine rings is 1. The molecule has 0 saturated carbocycles. The van der Waals surface area contributed by atoms with E-state index in [2.05, 4.69) is 41.0 Å². The largest absolute Gasteiger partial charge is 0.379 e. The molecule has 2 fully saturated rings. The van der Waals surface area contributed by atoms with Gasteiger partial charge >= 0.3 is 0 Å². The van der Waals surface area contributed by atoms with Gasteiger partial charge in [-0.15, -0.1) is 0 Å². The number of hydrogen-bond donors (Lipinski definition) is 1. The molecule has 0 bridgehead atoms. The molecule has 10 heteroatoms. The van der Waals surface area contributed by atoms with Gasteiger partial charge in [-0.05, 0) is 6.92 Å². The minimum Gasteiger partial charge on any atom is -0.379 e. The number of nitrogens with one attached hydrogen (secondary N) is 1.